The summed E-state index contributed by atoms with van der Waals surface area (Å²) in [5, 5.41) is 2.63. The van der Waals surface area contributed by atoms with Crippen LogP contribution in [-0.4, -0.2) is 31.1 Å². The standard InChI is InChI=1S/C12H24N2O3/c1-7(2)6-9(13)11(15)14-10(8(3)4)12(16)17-5/h7-10H,6,13H2,1-5H3,(H,14,15)/t9-,10-/m0/s1. The highest BCUT2D eigenvalue weighted by Crippen LogP contribution is 2.06. The third kappa shape index (κ3) is 5.68. The van der Waals surface area contributed by atoms with Gasteiger partial charge < -0.3 is 15.8 Å². The number of esters is 1. The van der Waals surface area contributed by atoms with Gasteiger partial charge in [-0.3, -0.25) is 4.79 Å². The topological polar surface area (TPSA) is 81.4 Å². The summed E-state index contributed by atoms with van der Waals surface area (Å²) < 4.78 is 4.64. The zero-order valence-electron chi connectivity index (χ0n) is 11.3. The van der Waals surface area contributed by atoms with Crippen molar-refractivity contribution in [3.8, 4) is 0 Å². The van der Waals surface area contributed by atoms with E-state index in [0.717, 1.165) is 0 Å². The first kappa shape index (κ1) is 15.9. The van der Waals surface area contributed by atoms with Gasteiger partial charge in [0.25, 0.3) is 0 Å². The van der Waals surface area contributed by atoms with Crippen LogP contribution < -0.4 is 11.1 Å². The summed E-state index contributed by atoms with van der Waals surface area (Å²) in [4.78, 5) is 23.2. The van der Waals surface area contributed by atoms with Crippen LogP contribution in [0.1, 0.15) is 34.1 Å². The summed E-state index contributed by atoms with van der Waals surface area (Å²) in [6.45, 7) is 7.67. The molecule has 17 heavy (non-hydrogen) atoms. The third-order valence-electron chi connectivity index (χ3n) is 2.48. The Morgan fingerprint density at radius 1 is 1.24 bits per heavy atom. The van der Waals surface area contributed by atoms with Crippen molar-refractivity contribution >= 4 is 11.9 Å². The number of ether oxygens (including phenoxy) is 1. The Balaban J connectivity index is 4.45. The van der Waals surface area contributed by atoms with E-state index in [9.17, 15) is 9.59 Å². The number of hydrogen-bond acceptors (Lipinski definition) is 4. The van der Waals surface area contributed by atoms with Crippen LogP contribution in [0.3, 0.4) is 0 Å². The Morgan fingerprint density at radius 3 is 2.12 bits per heavy atom. The van der Waals surface area contributed by atoms with Crippen LogP contribution in [-0.2, 0) is 14.3 Å². The smallest absolute Gasteiger partial charge is 0.328 e. The number of methoxy groups -OCH3 is 1. The van der Waals surface area contributed by atoms with Crippen molar-refractivity contribution in [2.75, 3.05) is 7.11 Å². The molecule has 0 radical (unpaired) electrons. The minimum absolute atomic E-state index is 0.0300. The van der Waals surface area contributed by atoms with Crippen LogP contribution in [0.15, 0.2) is 0 Å². The van der Waals surface area contributed by atoms with Crippen molar-refractivity contribution in [1.29, 1.82) is 0 Å². The quantitative estimate of drug-likeness (QED) is 0.673. The minimum atomic E-state index is -0.634. The second-order valence-electron chi connectivity index (χ2n) is 4.99. The van der Waals surface area contributed by atoms with Crippen molar-refractivity contribution in [1.82, 2.24) is 5.32 Å². The Morgan fingerprint density at radius 2 is 1.76 bits per heavy atom. The van der Waals surface area contributed by atoms with E-state index < -0.39 is 18.1 Å². The molecule has 0 aliphatic heterocycles. The lowest BCUT2D eigenvalue weighted by atomic mass is 10.0. The van der Waals surface area contributed by atoms with Crippen LogP contribution in [0.2, 0.25) is 0 Å². The molecule has 0 aromatic carbocycles. The summed E-state index contributed by atoms with van der Waals surface area (Å²) in [5.74, 6) is -0.433. The number of amides is 1. The van der Waals surface area contributed by atoms with E-state index in [4.69, 9.17) is 5.73 Å². The van der Waals surface area contributed by atoms with E-state index >= 15 is 0 Å². The lowest BCUT2D eigenvalue weighted by molar-refractivity contribution is -0.146. The van der Waals surface area contributed by atoms with Gasteiger partial charge in [-0.2, -0.15) is 0 Å². The molecule has 2 atom stereocenters. The van der Waals surface area contributed by atoms with E-state index in [0.29, 0.717) is 12.3 Å². The van der Waals surface area contributed by atoms with Crippen molar-refractivity contribution in [3.05, 3.63) is 0 Å². The molecular weight excluding hydrogens is 220 g/mol. The van der Waals surface area contributed by atoms with Gasteiger partial charge in [-0.15, -0.1) is 0 Å². The van der Waals surface area contributed by atoms with Gasteiger partial charge in [0.15, 0.2) is 0 Å². The average molecular weight is 244 g/mol. The zero-order valence-corrected chi connectivity index (χ0v) is 11.3. The molecule has 0 aliphatic carbocycles. The normalized spacial score (nSPS) is 14.6. The Labute approximate surface area is 103 Å². The SMILES string of the molecule is COC(=O)[C@@H](NC(=O)[C@@H](N)CC(C)C)C(C)C. The number of carbonyl (C=O) groups is 2. The first-order chi connectivity index (χ1) is 7.79. The van der Waals surface area contributed by atoms with Gasteiger partial charge in [-0.25, -0.2) is 4.79 Å². The number of nitrogens with two attached hydrogens (primary N) is 1. The summed E-state index contributed by atoms with van der Waals surface area (Å²) in [6, 6.07) is -1.22. The molecule has 0 spiro atoms. The second kappa shape index (κ2) is 7.27. The minimum Gasteiger partial charge on any atom is -0.467 e. The molecule has 1 amide bonds. The van der Waals surface area contributed by atoms with Gasteiger partial charge in [-0.05, 0) is 18.3 Å². The summed E-state index contributed by atoms with van der Waals surface area (Å²) >= 11 is 0. The largest absolute Gasteiger partial charge is 0.467 e. The van der Waals surface area contributed by atoms with Crippen LogP contribution in [0.4, 0.5) is 0 Å². The highest BCUT2D eigenvalue weighted by molar-refractivity contribution is 5.87. The van der Waals surface area contributed by atoms with Crippen molar-refractivity contribution in [2.45, 2.75) is 46.2 Å². The molecule has 0 heterocycles. The second-order valence-corrected chi connectivity index (χ2v) is 4.99. The van der Waals surface area contributed by atoms with E-state index in [-0.39, 0.29) is 11.8 Å². The fraction of sp³-hybridized carbons (Fsp3) is 0.833. The van der Waals surface area contributed by atoms with E-state index in [1.165, 1.54) is 7.11 Å². The average Bonchev–Trinajstić information content (AvgIpc) is 2.22. The highest BCUT2D eigenvalue weighted by atomic mass is 16.5. The molecule has 0 fully saturated rings. The first-order valence-electron chi connectivity index (χ1n) is 5.93. The predicted molar refractivity (Wildman–Crippen MR) is 66.2 cm³/mol. The van der Waals surface area contributed by atoms with Gasteiger partial charge in [0.1, 0.15) is 6.04 Å². The monoisotopic (exact) mass is 244 g/mol. The Kier molecular flexibility index (Phi) is 6.80. The van der Waals surface area contributed by atoms with Gasteiger partial charge >= 0.3 is 5.97 Å². The molecule has 100 valence electrons. The number of hydrogen-bond donors (Lipinski definition) is 2. The lowest BCUT2D eigenvalue weighted by Gasteiger charge is -2.22. The summed E-state index contributed by atoms with van der Waals surface area (Å²) in [5.41, 5.74) is 5.74. The van der Waals surface area contributed by atoms with Gasteiger partial charge in [0, 0.05) is 0 Å². The summed E-state index contributed by atoms with van der Waals surface area (Å²) in [7, 11) is 1.30. The van der Waals surface area contributed by atoms with Gasteiger partial charge in [0.2, 0.25) is 5.91 Å². The molecule has 0 aromatic heterocycles. The molecule has 5 heteroatoms. The number of nitrogens with one attached hydrogen (secondary N) is 1. The number of rotatable bonds is 6. The summed E-state index contributed by atoms with van der Waals surface area (Å²) in [6.07, 6.45) is 0.595. The van der Waals surface area contributed by atoms with Gasteiger partial charge in [0.05, 0.1) is 13.2 Å². The highest BCUT2D eigenvalue weighted by Gasteiger charge is 2.27. The number of carbonyl (C=O) groups excluding carboxylic acids is 2. The maximum atomic E-state index is 11.8. The Hall–Kier alpha value is -1.10. The molecule has 5 nitrogen and oxygen atoms in total. The first-order valence-corrected chi connectivity index (χ1v) is 5.93. The molecule has 0 rings (SSSR count). The van der Waals surface area contributed by atoms with E-state index in [1.807, 2.05) is 27.7 Å². The maximum Gasteiger partial charge on any atom is 0.328 e. The van der Waals surface area contributed by atoms with Crippen LogP contribution >= 0.6 is 0 Å². The van der Waals surface area contributed by atoms with E-state index in [1.54, 1.807) is 0 Å². The van der Waals surface area contributed by atoms with Crippen LogP contribution in [0, 0.1) is 11.8 Å². The maximum absolute atomic E-state index is 11.8. The molecule has 0 saturated heterocycles. The van der Waals surface area contributed by atoms with E-state index in [2.05, 4.69) is 10.1 Å². The van der Waals surface area contributed by atoms with Gasteiger partial charge in [-0.1, -0.05) is 27.7 Å². The molecule has 3 N–H and O–H groups in total. The fourth-order valence-electron chi connectivity index (χ4n) is 1.50. The van der Waals surface area contributed by atoms with Crippen LogP contribution in [0.5, 0.6) is 0 Å². The van der Waals surface area contributed by atoms with Crippen LogP contribution in [0.25, 0.3) is 0 Å². The molecule has 0 unspecified atom stereocenters. The predicted octanol–water partition coefficient (Wildman–Crippen LogP) is 0.674. The molecule has 0 aliphatic rings. The third-order valence-corrected chi connectivity index (χ3v) is 2.48. The molecule has 0 bridgehead atoms. The molecular formula is C12H24N2O3. The zero-order chi connectivity index (χ0) is 13.6. The molecule has 0 aromatic rings. The lowest BCUT2D eigenvalue weighted by Crippen LogP contribution is -2.51. The van der Waals surface area contributed by atoms with Crippen molar-refractivity contribution in [3.63, 3.8) is 0 Å². The van der Waals surface area contributed by atoms with Crippen molar-refractivity contribution < 1.29 is 14.3 Å². The Bertz CT molecular complexity index is 264. The molecule has 0 saturated carbocycles. The van der Waals surface area contributed by atoms with Crippen molar-refractivity contribution in [2.24, 2.45) is 17.6 Å². The fourth-order valence-corrected chi connectivity index (χ4v) is 1.50.